The maximum absolute atomic E-state index is 14.0. The Hall–Kier alpha value is -2.63. The third-order valence-corrected chi connectivity index (χ3v) is 6.73. The van der Waals surface area contributed by atoms with Crippen LogP contribution in [-0.4, -0.2) is 14.2 Å². The van der Waals surface area contributed by atoms with Crippen molar-refractivity contribution in [3.8, 4) is 42.1 Å². The highest BCUT2D eigenvalue weighted by molar-refractivity contribution is 7.25. The first-order valence-electron chi connectivity index (χ1n) is 8.36. The van der Waals surface area contributed by atoms with Gasteiger partial charge in [-0.15, -0.1) is 22.7 Å². The normalized spacial score (nSPS) is 10.8. The molecular weight excluding hydrogens is 379 g/mol. The number of benzene rings is 2. The first-order chi connectivity index (χ1) is 13.2. The zero-order valence-corrected chi connectivity index (χ0v) is 16.5. The molecule has 0 amide bonds. The highest BCUT2D eigenvalue weighted by Crippen LogP contribution is 2.41. The van der Waals surface area contributed by atoms with Gasteiger partial charge in [0.1, 0.15) is 5.75 Å². The molecule has 136 valence electrons. The predicted octanol–water partition coefficient (Wildman–Crippen LogP) is 6.97. The third kappa shape index (κ3) is 3.61. The van der Waals surface area contributed by atoms with E-state index < -0.39 is 0 Å². The van der Waals surface area contributed by atoms with Crippen LogP contribution in [0.4, 0.5) is 4.39 Å². The summed E-state index contributed by atoms with van der Waals surface area (Å²) in [6.45, 7) is 0. The molecule has 0 saturated heterocycles. The quantitative estimate of drug-likeness (QED) is 0.363. The lowest BCUT2D eigenvalue weighted by Gasteiger charge is -2.03. The molecule has 4 rings (SSSR count). The molecule has 0 unspecified atom stereocenters. The maximum Gasteiger partial charge on any atom is 0.165 e. The summed E-state index contributed by atoms with van der Waals surface area (Å²) < 4.78 is 24.2. The Morgan fingerprint density at radius 2 is 1.19 bits per heavy atom. The minimum absolute atomic E-state index is 0.262. The van der Waals surface area contributed by atoms with Gasteiger partial charge >= 0.3 is 0 Å². The van der Waals surface area contributed by atoms with Crippen LogP contribution in [0.25, 0.3) is 30.6 Å². The molecule has 2 nitrogen and oxygen atoms in total. The molecular formula is C22H17FO2S2. The van der Waals surface area contributed by atoms with Crippen LogP contribution in [-0.2, 0) is 0 Å². The number of thiophene rings is 2. The van der Waals surface area contributed by atoms with Crippen LogP contribution >= 0.6 is 22.7 Å². The summed E-state index contributed by atoms with van der Waals surface area (Å²) in [7, 11) is 3.14. The molecule has 5 heteroatoms. The van der Waals surface area contributed by atoms with Crippen molar-refractivity contribution >= 4 is 22.7 Å². The monoisotopic (exact) mass is 396 g/mol. The Balaban J connectivity index is 1.60. The summed E-state index contributed by atoms with van der Waals surface area (Å²) in [4.78, 5) is 4.61. The molecule has 0 fully saturated rings. The molecule has 0 aliphatic carbocycles. The molecule has 0 atom stereocenters. The number of hydrogen-bond acceptors (Lipinski definition) is 4. The first kappa shape index (κ1) is 17.8. The minimum Gasteiger partial charge on any atom is -0.497 e. The fourth-order valence-corrected chi connectivity index (χ4v) is 4.93. The molecule has 2 aromatic carbocycles. The van der Waals surface area contributed by atoms with Crippen molar-refractivity contribution in [1.82, 2.24) is 0 Å². The lowest BCUT2D eigenvalue weighted by Crippen LogP contribution is -1.87. The van der Waals surface area contributed by atoms with Crippen molar-refractivity contribution in [3.05, 3.63) is 72.5 Å². The lowest BCUT2D eigenvalue weighted by molar-refractivity contribution is 0.386. The molecule has 27 heavy (non-hydrogen) atoms. The first-order valence-corrected chi connectivity index (χ1v) is 9.99. The number of hydrogen-bond donors (Lipinski definition) is 0. The second-order valence-corrected chi connectivity index (χ2v) is 8.07. The van der Waals surface area contributed by atoms with Crippen molar-refractivity contribution < 1.29 is 13.9 Å². The highest BCUT2D eigenvalue weighted by atomic mass is 32.1. The Kier molecular flexibility index (Phi) is 4.97. The van der Waals surface area contributed by atoms with Crippen molar-refractivity contribution in [2.45, 2.75) is 0 Å². The minimum atomic E-state index is -0.345. The maximum atomic E-state index is 14.0. The Bertz CT molecular complexity index is 1060. The molecule has 4 aromatic rings. The topological polar surface area (TPSA) is 18.5 Å². The fraction of sp³-hybridized carbons (Fsp3) is 0.0909. The molecule has 2 heterocycles. The third-order valence-electron chi connectivity index (χ3n) is 4.27. The number of methoxy groups -OCH3 is 2. The second kappa shape index (κ2) is 7.55. The molecule has 0 saturated carbocycles. The van der Waals surface area contributed by atoms with Gasteiger partial charge in [0, 0.05) is 19.5 Å². The molecule has 0 bridgehead atoms. The zero-order chi connectivity index (χ0) is 18.8. The van der Waals surface area contributed by atoms with E-state index in [2.05, 4.69) is 30.3 Å². The van der Waals surface area contributed by atoms with E-state index in [9.17, 15) is 4.39 Å². The van der Waals surface area contributed by atoms with Gasteiger partial charge in [0.15, 0.2) is 11.6 Å². The van der Waals surface area contributed by atoms with Gasteiger partial charge in [0.05, 0.1) is 14.2 Å². The van der Waals surface area contributed by atoms with Crippen molar-refractivity contribution in [2.24, 2.45) is 0 Å². The van der Waals surface area contributed by atoms with Crippen LogP contribution in [0.2, 0.25) is 0 Å². The van der Waals surface area contributed by atoms with Gasteiger partial charge in [-0.25, -0.2) is 4.39 Å². The van der Waals surface area contributed by atoms with Gasteiger partial charge in [-0.05, 0) is 77.9 Å². The molecule has 0 N–H and O–H groups in total. The fourth-order valence-electron chi connectivity index (χ4n) is 2.83. The largest absolute Gasteiger partial charge is 0.497 e. The van der Waals surface area contributed by atoms with E-state index in [0.29, 0.717) is 0 Å². The number of halogens is 1. The summed E-state index contributed by atoms with van der Waals surface area (Å²) in [5.41, 5.74) is 2.03. The molecule has 0 radical (unpaired) electrons. The Morgan fingerprint density at radius 3 is 1.74 bits per heavy atom. The van der Waals surface area contributed by atoms with Crippen molar-refractivity contribution in [2.75, 3.05) is 14.2 Å². The van der Waals surface area contributed by atoms with E-state index in [1.54, 1.807) is 35.8 Å². The van der Waals surface area contributed by atoms with Gasteiger partial charge in [0.2, 0.25) is 0 Å². The predicted molar refractivity (Wildman–Crippen MR) is 112 cm³/mol. The van der Waals surface area contributed by atoms with E-state index in [1.165, 1.54) is 33.4 Å². The molecule has 0 aliphatic heterocycles. The second-order valence-electron chi connectivity index (χ2n) is 5.91. The van der Waals surface area contributed by atoms with Crippen LogP contribution in [0.1, 0.15) is 0 Å². The van der Waals surface area contributed by atoms with Gasteiger partial charge in [-0.2, -0.15) is 0 Å². The standard InChI is InChI=1S/C22H17FO2S2/c1-24-16-6-3-14(4-7-16)19-9-11-21(26-19)22-12-10-20(27-22)15-5-8-18(25-2)17(23)13-15/h3-13H,1-2H3. The van der Waals surface area contributed by atoms with Crippen LogP contribution in [0.15, 0.2) is 66.7 Å². The van der Waals surface area contributed by atoms with Crippen molar-refractivity contribution in [3.63, 3.8) is 0 Å². The van der Waals surface area contributed by atoms with Gasteiger partial charge in [-0.3, -0.25) is 0 Å². The highest BCUT2D eigenvalue weighted by Gasteiger charge is 2.11. The van der Waals surface area contributed by atoms with E-state index in [0.717, 1.165) is 16.2 Å². The SMILES string of the molecule is COc1ccc(-c2ccc(-c3ccc(-c4ccc(OC)c(F)c4)s3)s2)cc1. The summed E-state index contributed by atoms with van der Waals surface area (Å²) in [6.07, 6.45) is 0. The van der Waals surface area contributed by atoms with Crippen LogP contribution in [0, 0.1) is 5.82 Å². The van der Waals surface area contributed by atoms with Crippen LogP contribution in [0.3, 0.4) is 0 Å². The number of rotatable bonds is 5. The average Bonchev–Trinajstić information content (AvgIpc) is 3.37. The van der Waals surface area contributed by atoms with Crippen molar-refractivity contribution in [1.29, 1.82) is 0 Å². The number of ether oxygens (including phenoxy) is 2. The summed E-state index contributed by atoms with van der Waals surface area (Å²) in [5.74, 6) is 0.769. The Labute approximate surface area is 165 Å². The average molecular weight is 397 g/mol. The Morgan fingerprint density at radius 1 is 0.630 bits per heavy atom. The molecule has 0 spiro atoms. The summed E-state index contributed by atoms with van der Waals surface area (Å²) in [5, 5.41) is 0. The molecule has 2 aromatic heterocycles. The van der Waals surface area contributed by atoms with Gasteiger partial charge in [-0.1, -0.05) is 0 Å². The van der Waals surface area contributed by atoms with E-state index in [1.807, 2.05) is 24.3 Å². The smallest absolute Gasteiger partial charge is 0.165 e. The van der Waals surface area contributed by atoms with Crippen LogP contribution in [0.5, 0.6) is 11.5 Å². The summed E-state index contributed by atoms with van der Waals surface area (Å²) >= 11 is 3.40. The zero-order valence-electron chi connectivity index (χ0n) is 14.9. The van der Waals surface area contributed by atoms with Gasteiger partial charge in [0.25, 0.3) is 0 Å². The summed E-state index contributed by atoms with van der Waals surface area (Å²) in [6, 6.07) is 21.5. The van der Waals surface area contributed by atoms with E-state index in [-0.39, 0.29) is 11.6 Å². The van der Waals surface area contributed by atoms with Crippen LogP contribution < -0.4 is 9.47 Å². The van der Waals surface area contributed by atoms with Gasteiger partial charge < -0.3 is 9.47 Å². The lowest BCUT2D eigenvalue weighted by atomic mass is 10.2. The molecule has 0 aliphatic rings. The van der Waals surface area contributed by atoms with E-state index >= 15 is 0 Å². The van der Waals surface area contributed by atoms with E-state index in [4.69, 9.17) is 9.47 Å².